The van der Waals surface area contributed by atoms with Crippen LogP contribution in [0.3, 0.4) is 0 Å². The Balaban J connectivity index is 0.000000165. The van der Waals surface area contributed by atoms with Crippen molar-refractivity contribution >= 4 is 64.5 Å². The number of halogens is 2. The highest BCUT2D eigenvalue weighted by Gasteiger charge is 2.52. The van der Waals surface area contributed by atoms with E-state index in [1.54, 1.807) is 6.07 Å². The lowest BCUT2D eigenvalue weighted by Gasteiger charge is -2.32. The monoisotopic (exact) mass is 877 g/mol. The van der Waals surface area contributed by atoms with Crippen LogP contribution in [0.1, 0.15) is 105 Å². The number of alkyl halides is 1. The average Bonchev–Trinajstić information content (AvgIpc) is 3.97. The molecule has 4 aromatic rings. The number of carbonyl (C=O) groups is 3. The second kappa shape index (κ2) is 21.8. The zero-order valence-electron chi connectivity index (χ0n) is 36.4. The second-order valence-corrected chi connectivity index (χ2v) is 18.0. The van der Waals surface area contributed by atoms with Crippen molar-refractivity contribution in [3.63, 3.8) is 0 Å². The minimum absolute atomic E-state index is 0.283. The summed E-state index contributed by atoms with van der Waals surface area (Å²) in [6, 6.07) is 5.57. The fourth-order valence-electron chi connectivity index (χ4n) is 7.77. The van der Waals surface area contributed by atoms with Crippen LogP contribution in [0.2, 0.25) is 5.15 Å². The molecule has 0 aliphatic carbocycles. The van der Waals surface area contributed by atoms with Crippen LogP contribution in [0.25, 0.3) is 22.2 Å². The molecule has 61 heavy (non-hydrogen) atoms. The number of rotatable bonds is 13. The van der Waals surface area contributed by atoms with Crippen molar-refractivity contribution < 1.29 is 23.7 Å². The number of aryl methyl sites for hydroxylation is 2. The number of fused-ring (bicyclic) bond motifs is 1. The maximum absolute atomic E-state index is 11.8. The molecule has 4 aliphatic heterocycles. The Morgan fingerprint density at radius 1 is 0.639 bits per heavy atom. The molecule has 0 N–H and O–H groups in total. The quantitative estimate of drug-likeness (QED) is 0.0810. The van der Waals surface area contributed by atoms with E-state index in [1.165, 1.54) is 0 Å². The fourth-order valence-corrected chi connectivity index (χ4v) is 8.04. The second-order valence-electron chi connectivity index (χ2n) is 17.3. The molecule has 330 valence electrons. The van der Waals surface area contributed by atoms with Crippen molar-refractivity contribution in [2.24, 2.45) is 0 Å². The van der Waals surface area contributed by atoms with Crippen molar-refractivity contribution in [1.82, 2.24) is 44.2 Å². The van der Waals surface area contributed by atoms with E-state index in [-0.39, 0.29) is 24.2 Å². The topological polar surface area (TPSA) is 141 Å². The summed E-state index contributed by atoms with van der Waals surface area (Å²) in [6.07, 6.45) is 20.9. The van der Waals surface area contributed by atoms with Crippen LogP contribution in [-0.4, -0.2) is 125 Å². The predicted molar refractivity (Wildman–Crippen MR) is 240 cm³/mol. The van der Waals surface area contributed by atoms with Crippen LogP contribution in [0.5, 0.6) is 0 Å². The first kappa shape index (κ1) is 46.5. The van der Waals surface area contributed by atoms with Gasteiger partial charge in [-0.15, -0.1) is 11.6 Å². The van der Waals surface area contributed by atoms with Gasteiger partial charge in [-0.25, -0.2) is 4.98 Å². The summed E-state index contributed by atoms with van der Waals surface area (Å²) in [7, 11) is -0.368. The van der Waals surface area contributed by atoms with Crippen molar-refractivity contribution in [1.29, 1.82) is 0 Å². The molecule has 8 heterocycles. The number of piperidine rings is 3. The van der Waals surface area contributed by atoms with Gasteiger partial charge in [-0.2, -0.15) is 10.2 Å². The van der Waals surface area contributed by atoms with Crippen LogP contribution in [0.15, 0.2) is 49.2 Å². The van der Waals surface area contributed by atoms with Crippen LogP contribution in [-0.2, 0) is 36.8 Å². The zero-order valence-corrected chi connectivity index (χ0v) is 37.9. The molecule has 0 spiro atoms. The van der Waals surface area contributed by atoms with Gasteiger partial charge in [0, 0.05) is 119 Å². The molecule has 0 radical (unpaired) electrons. The summed E-state index contributed by atoms with van der Waals surface area (Å²) >= 11 is 11.5. The first-order valence-corrected chi connectivity index (χ1v) is 23.0. The third-order valence-corrected chi connectivity index (χ3v) is 12.6. The number of pyridine rings is 2. The summed E-state index contributed by atoms with van der Waals surface area (Å²) in [4.78, 5) is 49.4. The minimum Gasteiger partial charge on any atom is -0.399 e. The lowest BCUT2D eigenvalue weighted by Crippen LogP contribution is -2.41. The zero-order chi connectivity index (χ0) is 43.4. The van der Waals surface area contributed by atoms with Gasteiger partial charge in [0.05, 0.1) is 28.4 Å². The molecule has 4 fully saturated rings. The highest BCUT2D eigenvalue weighted by molar-refractivity contribution is 6.62. The van der Waals surface area contributed by atoms with Gasteiger partial charge in [0.2, 0.25) is 17.7 Å². The van der Waals surface area contributed by atoms with Crippen LogP contribution >= 0.6 is 23.2 Å². The first-order chi connectivity index (χ1) is 29.3. The maximum Gasteiger partial charge on any atom is 0.498 e. The normalized spacial score (nSPS) is 18.9. The molecule has 4 aliphatic rings. The number of likely N-dealkylation sites (tertiary alicyclic amines) is 3. The van der Waals surface area contributed by atoms with Gasteiger partial charge in [0.25, 0.3) is 0 Å². The largest absolute Gasteiger partial charge is 0.498 e. The fraction of sp³-hybridized carbons (Fsp3) is 0.614. The van der Waals surface area contributed by atoms with Crippen LogP contribution < -0.4 is 5.46 Å². The van der Waals surface area contributed by atoms with E-state index in [1.807, 2.05) is 94.9 Å². The summed E-state index contributed by atoms with van der Waals surface area (Å²) in [5, 5.41) is 9.30. The van der Waals surface area contributed by atoms with Crippen molar-refractivity contribution in [2.75, 3.05) is 45.1 Å². The van der Waals surface area contributed by atoms with E-state index in [0.29, 0.717) is 35.7 Å². The molecule has 4 aromatic heterocycles. The molecule has 3 amide bonds. The third-order valence-electron chi connectivity index (χ3n) is 12.1. The van der Waals surface area contributed by atoms with Gasteiger partial charge < -0.3 is 24.0 Å². The van der Waals surface area contributed by atoms with Gasteiger partial charge >= 0.3 is 7.12 Å². The molecular weight excluding hydrogens is 816 g/mol. The number of hydrogen-bond acceptors (Lipinski definition) is 9. The third kappa shape index (κ3) is 13.0. The molecule has 0 atom stereocenters. The SMILES string of the molecule is CC1(C)OB(c2cnn(CCCN3CCCCC3=O)c2)OC1(C)C.O=C1CCCCN1CCCCl.O=C1CCCCN1CCCn1cc(-c2cnc3ccc(Cl)nc3c2)cn1. The Labute approximate surface area is 370 Å². The number of hydrogen-bond donors (Lipinski definition) is 0. The van der Waals surface area contributed by atoms with Gasteiger partial charge in [-0.05, 0) is 104 Å². The van der Waals surface area contributed by atoms with E-state index in [0.717, 1.165) is 144 Å². The molecule has 4 saturated heterocycles. The maximum atomic E-state index is 11.8. The summed E-state index contributed by atoms with van der Waals surface area (Å²) in [5.41, 5.74) is 3.81. The molecule has 0 saturated carbocycles. The van der Waals surface area contributed by atoms with E-state index >= 15 is 0 Å². The summed E-state index contributed by atoms with van der Waals surface area (Å²) in [6.45, 7) is 15.0. The van der Waals surface area contributed by atoms with Crippen molar-refractivity contribution in [2.45, 2.75) is 129 Å². The molecule has 14 nitrogen and oxygen atoms in total. The standard InChI is InChI=1S/C19H20ClN5O.C17H28BN3O3.C8H14ClNO/c20-18-6-5-16-17(23-18)10-14(11-21-16)15-12-22-25(13-15)9-3-8-24-7-2-1-4-19(24)26;1-16(2)17(3,4)24-18(23-16)14-12-19-21(13-14)11-7-10-20-9-6-5-8-15(20)22;9-5-3-7-10-6-2-1-4-8(10)11/h5-6,10-13H,1-4,7-9H2;12-13H,5-11H2,1-4H3;1-7H2. The molecular formula is C44H62BCl2N9O5. The lowest BCUT2D eigenvalue weighted by molar-refractivity contribution is -0.134. The van der Waals surface area contributed by atoms with Crippen LogP contribution in [0, 0.1) is 0 Å². The van der Waals surface area contributed by atoms with Crippen molar-refractivity contribution in [3.8, 4) is 11.1 Å². The average molecular weight is 879 g/mol. The molecule has 0 unspecified atom stereocenters. The Kier molecular flexibility index (Phi) is 16.6. The van der Waals surface area contributed by atoms with Gasteiger partial charge in [0.1, 0.15) is 5.15 Å². The molecule has 8 rings (SSSR count). The first-order valence-electron chi connectivity index (χ1n) is 22.0. The minimum atomic E-state index is -0.368. The predicted octanol–water partition coefficient (Wildman–Crippen LogP) is 6.76. The summed E-state index contributed by atoms with van der Waals surface area (Å²) in [5.74, 6) is 1.54. The lowest BCUT2D eigenvalue weighted by atomic mass is 9.82. The van der Waals surface area contributed by atoms with Crippen molar-refractivity contribution in [3.05, 3.63) is 54.3 Å². The summed E-state index contributed by atoms with van der Waals surface area (Å²) < 4.78 is 15.9. The number of nitrogens with zero attached hydrogens (tertiary/aromatic N) is 9. The van der Waals surface area contributed by atoms with Gasteiger partial charge in [-0.1, -0.05) is 11.6 Å². The van der Waals surface area contributed by atoms with Crippen LogP contribution in [0.4, 0.5) is 0 Å². The van der Waals surface area contributed by atoms with E-state index in [4.69, 9.17) is 32.5 Å². The molecule has 0 bridgehead atoms. The number of carbonyl (C=O) groups excluding carboxylic acids is 3. The molecule has 0 aromatic carbocycles. The van der Waals surface area contributed by atoms with E-state index in [2.05, 4.69) is 20.2 Å². The van der Waals surface area contributed by atoms with E-state index in [9.17, 15) is 14.4 Å². The highest BCUT2D eigenvalue weighted by Crippen LogP contribution is 2.36. The Hall–Kier alpha value is -4.05. The van der Waals surface area contributed by atoms with Gasteiger partial charge in [0.15, 0.2) is 0 Å². The molecule has 17 heteroatoms. The Morgan fingerprint density at radius 3 is 1.70 bits per heavy atom. The van der Waals surface area contributed by atoms with E-state index < -0.39 is 0 Å². The Bertz CT molecular complexity index is 2060. The van der Waals surface area contributed by atoms with Gasteiger partial charge in [-0.3, -0.25) is 28.7 Å². The highest BCUT2D eigenvalue weighted by atomic mass is 35.5. The number of amides is 3. The Morgan fingerprint density at radius 2 is 1.16 bits per heavy atom. The smallest absolute Gasteiger partial charge is 0.399 e. The number of aromatic nitrogens is 6.